The second-order valence-corrected chi connectivity index (χ2v) is 3.28. The van der Waals surface area contributed by atoms with Gasteiger partial charge in [-0.05, 0) is 5.56 Å². The van der Waals surface area contributed by atoms with Crippen molar-refractivity contribution < 1.29 is 27.5 Å². The highest BCUT2D eigenvalue weighted by atomic mass is 19.3. The molecule has 0 radical (unpaired) electrons. The molecule has 0 saturated heterocycles. The van der Waals surface area contributed by atoms with Crippen LogP contribution in [0.5, 0.6) is 0 Å². The van der Waals surface area contributed by atoms with Crippen LogP contribution in [0.4, 0.5) is 17.6 Å². The van der Waals surface area contributed by atoms with Gasteiger partial charge in [0.05, 0.1) is 0 Å². The molecule has 1 rings (SSSR count). The third kappa shape index (κ3) is 2.15. The molecule has 0 aliphatic rings. The molecular weight excluding hydrogens is 240 g/mol. The van der Waals surface area contributed by atoms with Crippen molar-refractivity contribution in [1.29, 1.82) is 0 Å². The first-order chi connectivity index (χ1) is 7.73. The Kier molecular flexibility index (Phi) is 3.26. The normalized spacial score (nSPS) is 12.2. The fourth-order valence-corrected chi connectivity index (χ4v) is 1.14. The average molecular weight is 248 g/mol. The van der Waals surface area contributed by atoms with Gasteiger partial charge in [0.25, 0.3) is 0 Å². The first-order valence-electron chi connectivity index (χ1n) is 4.45. The first kappa shape index (κ1) is 13.2. The van der Waals surface area contributed by atoms with Gasteiger partial charge in [0.2, 0.25) is 0 Å². The van der Waals surface area contributed by atoms with Crippen LogP contribution in [0, 0.1) is 0 Å². The van der Waals surface area contributed by atoms with Gasteiger partial charge < -0.3 is 5.11 Å². The first-order valence-corrected chi connectivity index (χ1v) is 4.45. The molecule has 0 fully saturated rings. The molecule has 0 bridgehead atoms. The summed E-state index contributed by atoms with van der Waals surface area (Å²) < 4.78 is 52.2. The Morgan fingerprint density at radius 1 is 1.18 bits per heavy atom. The number of hydrogen-bond acceptors (Lipinski definition) is 1. The predicted molar refractivity (Wildman–Crippen MR) is 53.0 cm³/mol. The summed E-state index contributed by atoms with van der Waals surface area (Å²) in [6, 6.07) is 3.78. The van der Waals surface area contributed by atoms with Crippen LogP contribution in [0.3, 0.4) is 0 Å². The fraction of sp³-hybridized carbons (Fsp3) is 0.182. The lowest BCUT2D eigenvalue weighted by Gasteiger charge is -2.23. The van der Waals surface area contributed by atoms with Crippen LogP contribution in [0.2, 0.25) is 0 Å². The number of carbonyl (C=O) groups is 1. The van der Waals surface area contributed by atoms with Crippen LogP contribution in [-0.4, -0.2) is 17.0 Å². The van der Waals surface area contributed by atoms with E-state index in [4.69, 9.17) is 5.11 Å². The Balaban J connectivity index is 3.20. The number of carboxylic acid groups (broad SMARTS) is 1. The van der Waals surface area contributed by atoms with Crippen LogP contribution in [0.1, 0.15) is 11.1 Å². The third-order valence-corrected chi connectivity index (χ3v) is 2.17. The Labute approximate surface area is 94.2 Å². The minimum Gasteiger partial charge on any atom is -0.477 e. The van der Waals surface area contributed by atoms with Gasteiger partial charge in [-0.25, -0.2) is 4.79 Å². The van der Waals surface area contributed by atoms with Gasteiger partial charge in [-0.15, -0.1) is 0 Å². The van der Waals surface area contributed by atoms with Gasteiger partial charge >= 0.3 is 17.8 Å². The molecule has 17 heavy (non-hydrogen) atoms. The van der Waals surface area contributed by atoms with Crippen LogP contribution in [0.15, 0.2) is 30.8 Å². The van der Waals surface area contributed by atoms with Gasteiger partial charge in [0.15, 0.2) is 0 Å². The lowest BCUT2D eigenvalue weighted by Crippen LogP contribution is -2.44. The number of halogens is 4. The van der Waals surface area contributed by atoms with Crippen molar-refractivity contribution in [3.63, 3.8) is 0 Å². The lowest BCUT2D eigenvalue weighted by molar-refractivity contribution is -0.228. The molecule has 1 aromatic rings. The summed E-state index contributed by atoms with van der Waals surface area (Å²) in [6.07, 6.45) is 1.34. The van der Waals surface area contributed by atoms with E-state index in [0.717, 1.165) is 24.3 Å². The number of rotatable bonds is 4. The quantitative estimate of drug-likeness (QED) is 0.831. The number of carboxylic acids is 1. The highest BCUT2D eigenvalue weighted by Gasteiger charge is 2.63. The average Bonchev–Trinajstić information content (AvgIpc) is 2.28. The topological polar surface area (TPSA) is 37.3 Å². The van der Waals surface area contributed by atoms with E-state index in [1.54, 1.807) is 0 Å². The van der Waals surface area contributed by atoms with E-state index in [0.29, 0.717) is 5.56 Å². The van der Waals surface area contributed by atoms with Crippen molar-refractivity contribution in [2.75, 3.05) is 0 Å². The minimum atomic E-state index is -5.15. The zero-order valence-electron chi connectivity index (χ0n) is 8.46. The molecular formula is C11H8F4O2. The molecule has 0 saturated carbocycles. The Morgan fingerprint density at radius 2 is 1.65 bits per heavy atom. The summed E-state index contributed by atoms with van der Waals surface area (Å²) >= 11 is 0. The summed E-state index contributed by atoms with van der Waals surface area (Å²) in [5.41, 5.74) is -0.598. The van der Waals surface area contributed by atoms with E-state index in [1.807, 2.05) is 0 Å². The molecule has 0 spiro atoms. The molecule has 0 atom stereocenters. The molecule has 92 valence electrons. The van der Waals surface area contributed by atoms with E-state index >= 15 is 0 Å². The zero-order chi connectivity index (χ0) is 13.3. The van der Waals surface area contributed by atoms with Crippen molar-refractivity contribution in [2.24, 2.45) is 0 Å². The molecule has 1 N–H and O–H groups in total. The number of hydrogen-bond donors (Lipinski definition) is 1. The van der Waals surface area contributed by atoms with Crippen molar-refractivity contribution in [3.05, 3.63) is 42.0 Å². The molecule has 6 heteroatoms. The Morgan fingerprint density at radius 3 is 2.00 bits per heavy atom. The summed E-state index contributed by atoms with van der Waals surface area (Å²) in [7, 11) is 0. The smallest absolute Gasteiger partial charge is 0.408 e. The van der Waals surface area contributed by atoms with Gasteiger partial charge in [0.1, 0.15) is 0 Å². The maximum absolute atomic E-state index is 13.3. The molecule has 2 nitrogen and oxygen atoms in total. The number of alkyl halides is 4. The second-order valence-electron chi connectivity index (χ2n) is 3.28. The van der Waals surface area contributed by atoms with Gasteiger partial charge in [0, 0.05) is 5.56 Å². The standard InChI is InChI=1S/C11H8F4O2/c1-2-7-3-5-8(6-4-7)10(12,13)11(14,15)9(16)17/h2-6H,1H2,(H,16,17). The van der Waals surface area contributed by atoms with Crippen molar-refractivity contribution in [3.8, 4) is 0 Å². The zero-order valence-corrected chi connectivity index (χ0v) is 8.46. The maximum Gasteiger partial charge on any atom is 0.408 e. The van der Waals surface area contributed by atoms with E-state index in [1.165, 1.54) is 6.08 Å². The number of benzene rings is 1. The molecule has 0 aliphatic heterocycles. The molecule has 0 amide bonds. The number of aliphatic carboxylic acids is 1. The van der Waals surface area contributed by atoms with E-state index < -0.39 is 23.4 Å². The Hall–Kier alpha value is -1.85. The summed E-state index contributed by atoms with van der Waals surface area (Å²) in [5.74, 6) is -12.8. The van der Waals surface area contributed by atoms with Crippen LogP contribution < -0.4 is 0 Å². The van der Waals surface area contributed by atoms with Crippen LogP contribution in [0.25, 0.3) is 6.08 Å². The highest BCUT2D eigenvalue weighted by Crippen LogP contribution is 2.43. The highest BCUT2D eigenvalue weighted by molar-refractivity contribution is 5.77. The second kappa shape index (κ2) is 4.20. The summed E-state index contributed by atoms with van der Waals surface area (Å²) in [6.45, 7) is 3.37. The molecule has 0 aromatic heterocycles. The van der Waals surface area contributed by atoms with Crippen molar-refractivity contribution in [2.45, 2.75) is 11.8 Å². The SMILES string of the molecule is C=Cc1ccc(C(F)(F)C(F)(F)C(=O)O)cc1. The van der Waals surface area contributed by atoms with Gasteiger partial charge in [-0.2, -0.15) is 17.6 Å². The van der Waals surface area contributed by atoms with Crippen molar-refractivity contribution >= 4 is 12.0 Å². The summed E-state index contributed by atoms with van der Waals surface area (Å²) in [4.78, 5) is 10.1. The third-order valence-electron chi connectivity index (χ3n) is 2.17. The molecule has 1 aromatic carbocycles. The van der Waals surface area contributed by atoms with E-state index in [9.17, 15) is 22.4 Å². The van der Waals surface area contributed by atoms with Gasteiger partial charge in [-0.1, -0.05) is 36.9 Å². The van der Waals surface area contributed by atoms with Gasteiger partial charge in [-0.3, -0.25) is 0 Å². The molecule has 0 heterocycles. The van der Waals surface area contributed by atoms with E-state index in [2.05, 4.69) is 6.58 Å². The molecule has 0 aliphatic carbocycles. The minimum absolute atomic E-state index is 0.461. The fourth-order valence-electron chi connectivity index (χ4n) is 1.14. The lowest BCUT2D eigenvalue weighted by atomic mass is 10.0. The summed E-state index contributed by atoms with van der Waals surface area (Å²) in [5, 5.41) is 8.09. The maximum atomic E-state index is 13.3. The monoisotopic (exact) mass is 248 g/mol. The Bertz CT molecular complexity index is 437. The van der Waals surface area contributed by atoms with Crippen LogP contribution >= 0.6 is 0 Å². The molecule has 0 unspecified atom stereocenters. The van der Waals surface area contributed by atoms with Crippen LogP contribution in [-0.2, 0) is 10.7 Å². The predicted octanol–water partition coefficient (Wildman–Crippen LogP) is 3.14. The largest absolute Gasteiger partial charge is 0.477 e. The van der Waals surface area contributed by atoms with E-state index in [-0.39, 0.29) is 0 Å². The van der Waals surface area contributed by atoms with Crippen molar-refractivity contribution in [1.82, 2.24) is 0 Å².